The van der Waals surface area contributed by atoms with Crippen LogP contribution in [0.15, 0.2) is 45.7 Å². The predicted octanol–water partition coefficient (Wildman–Crippen LogP) is 3.04. The van der Waals surface area contributed by atoms with Crippen molar-refractivity contribution < 1.29 is 13.9 Å². The number of hydrogen-bond acceptors (Lipinski definition) is 7. The van der Waals surface area contributed by atoms with Crippen LogP contribution < -0.4 is 10.3 Å². The number of carbonyl (C=O) groups is 1. The van der Waals surface area contributed by atoms with Crippen LogP contribution in [0.5, 0.6) is 0 Å². The van der Waals surface area contributed by atoms with E-state index < -0.39 is 5.91 Å². The summed E-state index contributed by atoms with van der Waals surface area (Å²) < 4.78 is 12.9. The van der Waals surface area contributed by atoms with E-state index in [1.165, 1.54) is 22.3 Å². The van der Waals surface area contributed by atoms with Gasteiger partial charge in [-0.1, -0.05) is 12.1 Å². The standard InChI is InChI=1S/C22H20N4O4S/c1-25-15-7-8-19-20(14(15)12-23-25)24-22(31-19)26(9-10-29-2)21(28)18-11-16(27)13-5-3-4-6-17(13)30-18/h3-6,11-12H,7-10H2,1-2H3. The van der Waals surface area contributed by atoms with Crippen LogP contribution in [0, 0.1) is 0 Å². The van der Waals surface area contributed by atoms with E-state index in [9.17, 15) is 9.59 Å². The molecule has 5 rings (SSSR count). The van der Waals surface area contributed by atoms with Crippen LogP contribution in [0.2, 0.25) is 0 Å². The molecule has 1 amide bonds. The van der Waals surface area contributed by atoms with Crippen molar-refractivity contribution in [3.63, 3.8) is 0 Å². The van der Waals surface area contributed by atoms with Gasteiger partial charge in [-0.3, -0.25) is 19.2 Å². The lowest BCUT2D eigenvalue weighted by atomic mass is 10.0. The Balaban J connectivity index is 1.56. The molecule has 0 fully saturated rings. The number of hydrogen-bond donors (Lipinski definition) is 0. The molecule has 0 unspecified atom stereocenters. The molecular formula is C22H20N4O4S. The fourth-order valence-electron chi connectivity index (χ4n) is 3.83. The van der Waals surface area contributed by atoms with Crippen LogP contribution in [0.3, 0.4) is 0 Å². The van der Waals surface area contributed by atoms with E-state index in [1.54, 1.807) is 31.4 Å². The van der Waals surface area contributed by atoms with Gasteiger partial charge in [-0.2, -0.15) is 5.10 Å². The number of nitrogens with zero attached hydrogens (tertiary/aromatic N) is 4. The normalized spacial score (nSPS) is 12.6. The zero-order valence-electron chi connectivity index (χ0n) is 17.1. The number of para-hydroxylation sites is 1. The number of thiazole rings is 1. The van der Waals surface area contributed by atoms with E-state index in [4.69, 9.17) is 14.1 Å². The maximum atomic E-state index is 13.4. The molecule has 0 bridgehead atoms. The fourth-order valence-corrected chi connectivity index (χ4v) is 4.93. The van der Waals surface area contributed by atoms with Gasteiger partial charge in [-0.25, -0.2) is 4.98 Å². The SMILES string of the molecule is COCCN(C(=O)c1cc(=O)c2ccccc2o1)c1nc2c(s1)CCc1c-2cnn1C. The Bertz CT molecular complexity index is 1350. The molecule has 158 valence electrons. The van der Waals surface area contributed by atoms with Crippen molar-refractivity contribution >= 4 is 33.3 Å². The number of benzene rings is 1. The first-order valence-corrected chi connectivity index (χ1v) is 10.7. The monoisotopic (exact) mass is 436 g/mol. The van der Waals surface area contributed by atoms with Gasteiger partial charge in [0.2, 0.25) is 0 Å². The summed E-state index contributed by atoms with van der Waals surface area (Å²) in [7, 11) is 3.50. The maximum Gasteiger partial charge on any atom is 0.296 e. The summed E-state index contributed by atoms with van der Waals surface area (Å²) in [5.41, 5.74) is 3.13. The number of ether oxygens (including phenoxy) is 1. The van der Waals surface area contributed by atoms with E-state index >= 15 is 0 Å². The Hall–Kier alpha value is -3.30. The highest BCUT2D eigenvalue weighted by molar-refractivity contribution is 7.16. The van der Waals surface area contributed by atoms with Gasteiger partial charge >= 0.3 is 0 Å². The second-order valence-corrected chi connectivity index (χ2v) is 8.38. The summed E-state index contributed by atoms with van der Waals surface area (Å²) in [6, 6.07) is 8.13. The minimum absolute atomic E-state index is 0.0185. The third kappa shape index (κ3) is 3.35. The lowest BCUT2D eigenvalue weighted by molar-refractivity contribution is 0.0950. The van der Waals surface area contributed by atoms with Gasteiger partial charge in [-0.15, -0.1) is 11.3 Å². The first-order valence-electron chi connectivity index (χ1n) is 9.91. The smallest absolute Gasteiger partial charge is 0.296 e. The largest absolute Gasteiger partial charge is 0.451 e. The molecule has 0 saturated carbocycles. The van der Waals surface area contributed by atoms with E-state index in [2.05, 4.69) is 5.10 Å². The minimum atomic E-state index is -0.419. The number of aromatic nitrogens is 3. The molecule has 31 heavy (non-hydrogen) atoms. The average molecular weight is 436 g/mol. The van der Waals surface area contributed by atoms with E-state index in [-0.39, 0.29) is 17.7 Å². The summed E-state index contributed by atoms with van der Waals surface area (Å²) in [5.74, 6) is -0.438. The molecule has 0 spiro atoms. The minimum Gasteiger partial charge on any atom is -0.451 e. The van der Waals surface area contributed by atoms with Gasteiger partial charge in [0, 0.05) is 36.4 Å². The molecule has 0 radical (unpaired) electrons. The number of carbonyl (C=O) groups excluding carboxylic acids is 1. The van der Waals surface area contributed by atoms with Gasteiger partial charge in [0.25, 0.3) is 5.91 Å². The zero-order valence-corrected chi connectivity index (χ0v) is 17.9. The van der Waals surface area contributed by atoms with Gasteiger partial charge in [0.1, 0.15) is 5.58 Å². The molecule has 0 aliphatic heterocycles. The fraction of sp³-hybridized carbons (Fsp3) is 0.273. The number of rotatable bonds is 5. The molecule has 1 aliphatic carbocycles. The molecule has 1 aliphatic rings. The molecule has 0 atom stereocenters. The first kappa shape index (κ1) is 19.7. The molecule has 3 heterocycles. The van der Waals surface area contributed by atoms with Crippen molar-refractivity contribution in [1.29, 1.82) is 0 Å². The summed E-state index contributed by atoms with van der Waals surface area (Å²) >= 11 is 1.48. The summed E-state index contributed by atoms with van der Waals surface area (Å²) in [6.45, 7) is 0.615. The van der Waals surface area contributed by atoms with E-state index in [0.29, 0.717) is 22.7 Å². The van der Waals surface area contributed by atoms with Crippen molar-refractivity contribution in [2.75, 3.05) is 25.2 Å². The number of anilines is 1. The number of aryl methyl sites for hydroxylation is 2. The molecule has 0 N–H and O–H groups in total. The van der Waals surface area contributed by atoms with Crippen molar-refractivity contribution in [3.8, 4) is 11.3 Å². The Morgan fingerprint density at radius 2 is 2.16 bits per heavy atom. The summed E-state index contributed by atoms with van der Waals surface area (Å²) in [5, 5.41) is 5.35. The van der Waals surface area contributed by atoms with E-state index in [0.717, 1.165) is 34.7 Å². The maximum absolute atomic E-state index is 13.4. The highest BCUT2D eigenvalue weighted by Gasteiger charge is 2.29. The van der Waals surface area contributed by atoms with Crippen molar-refractivity contribution in [3.05, 3.63) is 63.1 Å². The number of methoxy groups -OCH3 is 1. The van der Waals surface area contributed by atoms with Gasteiger partial charge < -0.3 is 9.15 Å². The predicted molar refractivity (Wildman–Crippen MR) is 118 cm³/mol. The first-order chi connectivity index (χ1) is 15.1. The molecule has 3 aromatic heterocycles. The second-order valence-electron chi connectivity index (χ2n) is 7.32. The molecule has 9 heteroatoms. The van der Waals surface area contributed by atoms with Crippen LogP contribution in [-0.4, -0.2) is 40.9 Å². The Morgan fingerprint density at radius 1 is 1.32 bits per heavy atom. The molecule has 8 nitrogen and oxygen atoms in total. The lowest BCUT2D eigenvalue weighted by Gasteiger charge is -2.18. The lowest BCUT2D eigenvalue weighted by Crippen LogP contribution is -2.34. The highest BCUT2D eigenvalue weighted by Crippen LogP contribution is 2.39. The van der Waals surface area contributed by atoms with Crippen LogP contribution in [0.25, 0.3) is 22.2 Å². The Kier molecular flexibility index (Phi) is 4.91. The Labute approximate surface area is 181 Å². The van der Waals surface area contributed by atoms with Crippen LogP contribution in [0.1, 0.15) is 21.1 Å². The summed E-state index contributed by atoms with van der Waals surface area (Å²) in [6.07, 6.45) is 3.55. The molecule has 4 aromatic rings. The molecule has 0 saturated heterocycles. The van der Waals surface area contributed by atoms with Crippen LogP contribution in [0.4, 0.5) is 5.13 Å². The van der Waals surface area contributed by atoms with Crippen molar-refractivity contribution in [2.45, 2.75) is 12.8 Å². The average Bonchev–Trinajstić information content (AvgIpc) is 3.37. The van der Waals surface area contributed by atoms with E-state index in [1.807, 2.05) is 17.9 Å². The van der Waals surface area contributed by atoms with Crippen LogP contribution >= 0.6 is 11.3 Å². The zero-order chi connectivity index (χ0) is 21.5. The summed E-state index contributed by atoms with van der Waals surface area (Å²) in [4.78, 5) is 33.3. The highest BCUT2D eigenvalue weighted by atomic mass is 32.1. The topological polar surface area (TPSA) is 90.5 Å². The van der Waals surface area contributed by atoms with Crippen LogP contribution in [-0.2, 0) is 24.6 Å². The third-order valence-electron chi connectivity index (χ3n) is 5.43. The van der Waals surface area contributed by atoms with Gasteiger partial charge in [-0.05, 0) is 25.0 Å². The number of amides is 1. The quantitative estimate of drug-likeness (QED) is 0.478. The number of fused-ring (bicyclic) bond motifs is 4. The van der Waals surface area contributed by atoms with Gasteiger partial charge in [0.05, 0.1) is 30.4 Å². The van der Waals surface area contributed by atoms with Gasteiger partial charge in [0.15, 0.2) is 16.3 Å². The molecular weight excluding hydrogens is 416 g/mol. The van der Waals surface area contributed by atoms with Crippen molar-refractivity contribution in [1.82, 2.24) is 14.8 Å². The Morgan fingerprint density at radius 3 is 3.00 bits per heavy atom. The van der Waals surface area contributed by atoms with Crippen molar-refractivity contribution in [2.24, 2.45) is 7.05 Å². The third-order valence-corrected chi connectivity index (χ3v) is 6.57. The molecule has 1 aromatic carbocycles. The second kappa shape index (κ2) is 7.75.